The average molecular weight is 499 g/mol. The summed E-state index contributed by atoms with van der Waals surface area (Å²) < 4.78 is 17.9. The van der Waals surface area contributed by atoms with Gasteiger partial charge >= 0.3 is 0 Å². The zero-order chi connectivity index (χ0) is 25.1. The lowest BCUT2D eigenvalue weighted by Crippen LogP contribution is -2.32. The summed E-state index contributed by atoms with van der Waals surface area (Å²) in [5.74, 6) is 0. The average Bonchev–Trinajstić information content (AvgIpc) is 2.94. The van der Waals surface area contributed by atoms with Crippen LogP contribution in [0.1, 0.15) is 11.1 Å². The van der Waals surface area contributed by atoms with E-state index in [-0.39, 0.29) is 0 Å². The van der Waals surface area contributed by atoms with Crippen LogP contribution in [0.2, 0.25) is 0 Å². The number of hydrogen-bond donors (Lipinski definition) is 0. The fourth-order valence-electron chi connectivity index (χ4n) is 4.93. The SMILES string of the molecule is c1ccc2cc(CN3CCOCCOCCN(Cc4ccc5ccccc5c4)CCOCC3)ccc2c1. The van der Waals surface area contributed by atoms with Crippen LogP contribution in [0.5, 0.6) is 0 Å². The van der Waals surface area contributed by atoms with Gasteiger partial charge in [-0.25, -0.2) is 0 Å². The maximum absolute atomic E-state index is 6.12. The molecule has 1 fully saturated rings. The van der Waals surface area contributed by atoms with Crippen molar-refractivity contribution in [2.45, 2.75) is 13.1 Å². The Morgan fingerprint density at radius 3 is 1.24 bits per heavy atom. The van der Waals surface area contributed by atoms with Crippen molar-refractivity contribution in [2.24, 2.45) is 0 Å². The van der Waals surface area contributed by atoms with Crippen molar-refractivity contribution in [3.05, 3.63) is 96.1 Å². The fraction of sp³-hybridized carbons (Fsp3) is 0.375. The first-order chi connectivity index (χ1) is 18.3. The van der Waals surface area contributed by atoms with E-state index in [1.165, 1.54) is 32.7 Å². The number of benzene rings is 4. The Hall–Kier alpha value is -2.80. The molecule has 5 heteroatoms. The molecule has 0 unspecified atom stereocenters. The monoisotopic (exact) mass is 498 g/mol. The van der Waals surface area contributed by atoms with Gasteiger partial charge in [0, 0.05) is 39.3 Å². The first-order valence-corrected chi connectivity index (χ1v) is 13.5. The maximum atomic E-state index is 6.12. The number of nitrogens with zero attached hydrogens (tertiary/aromatic N) is 2. The van der Waals surface area contributed by atoms with Crippen molar-refractivity contribution in [1.82, 2.24) is 9.80 Å². The highest BCUT2D eigenvalue weighted by molar-refractivity contribution is 5.83. The molecule has 4 aromatic rings. The number of hydrogen-bond acceptors (Lipinski definition) is 5. The van der Waals surface area contributed by atoms with Crippen molar-refractivity contribution in [3.8, 4) is 0 Å². The second-order valence-electron chi connectivity index (χ2n) is 9.75. The predicted octanol–water partition coefficient (Wildman–Crippen LogP) is 5.36. The van der Waals surface area contributed by atoms with Crippen molar-refractivity contribution in [2.75, 3.05) is 65.8 Å². The van der Waals surface area contributed by atoms with Crippen LogP contribution < -0.4 is 0 Å². The summed E-state index contributed by atoms with van der Waals surface area (Å²) in [4.78, 5) is 4.86. The molecule has 5 nitrogen and oxygen atoms in total. The van der Waals surface area contributed by atoms with Crippen LogP contribution in [-0.2, 0) is 27.3 Å². The summed E-state index contributed by atoms with van der Waals surface area (Å²) in [6.07, 6.45) is 0. The molecule has 5 rings (SSSR count). The van der Waals surface area contributed by atoms with Gasteiger partial charge < -0.3 is 14.2 Å². The number of rotatable bonds is 4. The van der Waals surface area contributed by atoms with Crippen LogP contribution in [0, 0.1) is 0 Å². The molecule has 0 N–H and O–H groups in total. The molecule has 37 heavy (non-hydrogen) atoms. The van der Waals surface area contributed by atoms with Gasteiger partial charge in [-0.1, -0.05) is 72.8 Å². The van der Waals surface area contributed by atoms with Gasteiger partial charge in [0.1, 0.15) is 0 Å². The van der Waals surface area contributed by atoms with Crippen LogP contribution >= 0.6 is 0 Å². The van der Waals surface area contributed by atoms with Gasteiger partial charge in [-0.3, -0.25) is 9.80 Å². The largest absolute Gasteiger partial charge is 0.379 e. The van der Waals surface area contributed by atoms with Crippen LogP contribution in [0.3, 0.4) is 0 Å². The van der Waals surface area contributed by atoms with Crippen LogP contribution in [0.25, 0.3) is 21.5 Å². The Morgan fingerprint density at radius 1 is 0.432 bits per heavy atom. The number of ether oxygens (including phenoxy) is 3. The fourth-order valence-corrected chi connectivity index (χ4v) is 4.93. The molecule has 0 bridgehead atoms. The molecular weight excluding hydrogens is 460 g/mol. The topological polar surface area (TPSA) is 34.2 Å². The van der Waals surface area contributed by atoms with E-state index in [9.17, 15) is 0 Å². The van der Waals surface area contributed by atoms with E-state index in [4.69, 9.17) is 14.2 Å². The first-order valence-electron chi connectivity index (χ1n) is 13.5. The van der Waals surface area contributed by atoms with Gasteiger partial charge in [0.2, 0.25) is 0 Å². The second kappa shape index (κ2) is 13.7. The highest BCUT2D eigenvalue weighted by atomic mass is 16.5. The Bertz CT molecular complexity index is 1160. The summed E-state index contributed by atoms with van der Waals surface area (Å²) in [5.41, 5.74) is 2.64. The van der Waals surface area contributed by atoms with Crippen LogP contribution in [0.4, 0.5) is 0 Å². The molecule has 1 saturated heterocycles. The van der Waals surface area contributed by atoms with E-state index < -0.39 is 0 Å². The molecule has 1 aliphatic heterocycles. The summed E-state index contributed by atoms with van der Waals surface area (Å²) in [5, 5.41) is 5.13. The summed E-state index contributed by atoms with van der Waals surface area (Å²) >= 11 is 0. The van der Waals surface area contributed by atoms with Crippen molar-refractivity contribution in [3.63, 3.8) is 0 Å². The molecule has 0 amide bonds. The molecule has 0 aromatic heterocycles. The first kappa shape index (κ1) is 25.8. The molecule has 1 heterocycles. The van der Waals surface area contributed by atoms with Gasteiger partial charge in [0.25, 0.3) is 0 Å². The van der Waals surface area contributed by atoms with Gasteiger partial charge in [-0.2, -0.15) is 0 Å². The van der Waals surface area contributed by atoms with Crippen molar-refractivity contribution in [1.29, 1.82) is 0 Å². The third-order valence-corrected chi connectivity index (χ3v) is 7.02. The Kier molecular flexibility index (Phi) is 9.54. The Labute approximate surface area is 220 Å². The summed E-state index contributed by atoms with van der Waals surface area (Å²) in [7, 11) is 0. The highest BCUT2D eigenvalue weighted by Crippen LogP contribution is 2.18. The molecule has 0 radical (unpaired) electrons. The van der Waals surface area contributed by atoms with E-state index >= 15 is 0 Å². The smallest absolute Gasteiger partial charge is 0.0701 e. The third kappa shape index (κ3) is 7.84. The van der Waals surface area contributed by atoms with Crippen LogP contribution in [-0.4, -0.2) is 75.6 Å². The van der Waals surface area contributed by atoms with Gasteiger partial charge in [-0.05, 0) is 44.8 Å². The van der Waals surface area contributed by atoms with Crippen LogP contribution in [0.15, 0.2) is 84.9 Å². The maximum Gasteiger partial charge on any atom is 0.0701 e. The Balaban J connectivity index is 1.17. The van der Waals surface area contributed by atoms with E-state index in [1.807, 2.05) is 0 Å². The lowest BCUT2D eigenvalue weighted by atomic mass is 10.1. The van der Waals surface area contributed by atoms with Gasteiger partial charge in [-0.15, -0.1) is 0 Å². The van der Waals surface area contributed by atoms with E-state index in [2.05, 4.69) is 94.7 Å². The molecule has 0 atom stereocenters. The molecular formula is C32H38N2O3. The molecule has 194 valence electrons. The van der Waals surface area contributed by atoms with E-state index in [1.54, 1.807) is 0 Å². The predicted molar refractivity (Wildman–Crippen MR) is 151 cm³/mol. The second-order valence-corrected chi connectivity index (χ2v) is 9.75. The summed E-state index contributed by atoms with van der Waals surface area (Å²) in [6, 6.07) is 30.6. The lowest BCUT2D eigenvalue weighted by Gasteiger charge is -2.24. The minimum Gasteiger partial charge on any atom is -0.379 e. The van der Waals surface area contributed by atoms with Crippen molar-refractivity contribution >= 4 is 21.5 Å². The molecule has 4 aromatic carbocycles. The number of fused-ring (bicyclic) bond motifs is 2. The van der Waals surface area contributed by atoms with E-state index in [0.717, 1.165) is 39.3 Å². The highest BCUT2D eigenvalue weighted by Gasteiger charge is 2.10. The molecule has 0 saturated carbocycles. The lowest BCUT2D eigenvalue weighted by molar-refractivity contribution is 0.0311. The Morgan fingerprint density at radius 2 is 0.811 bits per heavy atom. The molecule has 1 aliphatic rings. The molecule has 0 spiro atoms. The van der Waals surface area contributed by atoms with Gasteiger partial charge in [0.05, 0.1) is 39.6 Å². The zero-order valence-electron chi connectivity index (χ0n) is 21.7. The van der Waals surface area contributed by atoms with Crippen molar-refractivity contribution < 1.29 is 14.2 Å². The standard InChI is InChI=1S/C32H38N2O3/c1-3-7-31-23-27(9-11-29(31)5-1)25-33-13-17-35-18-14-34(16-20-37-22-21-36-19-15-33)26-28-10-12-30-6-2-4-8-32(30)24-28/h1-12,23-24H,13-22,25-26H2. The zero-order valence-corrected chi connectivity index (χ0v) is 21.7. The minimum absolute atomic E-state index is 0.630. The quantitative estimate of drug-likeness (QED) is 0.378. The molecule has 0 aliphatic carbocycles. The normalized spacial score (nSPS) is 17.9. The van der Waals surface area contributed by atoms with Gasteiger partial charge in [0.15, 0.2) is 0 Å². The minimum atomic E-state index is 0.630. The van der Waals surface area contributed by atoms with E-state index in [0.29, 0.717) is 39.6 Å². The summed E-state index contributed by atoms with van der Waals surface area (Å²) in [6.45, 7) is 9.40. The third-order valence-electron chi connectivity index (χ3n) is 7.02.